The smallest absolute Gasteiger partial charge is 0.328 e. The Morgan fingerprint density at radius 3 is 2.57 bits per heavy atom. The molecule has 0 saturated carbocycles. The minimum atomic E-state index is -0.320. The number of benzene rings is 2. The molecule has 0 N–H and O–H groups in total. The molecule has 0 bridgehead atoms. The highest BCUT2D eigenvalue weighted by atomic mass is 16.5. The summed E-state index contributed by atoms with van der Waals surface area (Å²) in [7, 11) is 2.16. The minimum Gasteiger partial charge on any atom is -0.464 e. The molecule has 4 nitrogen and oxygen atoms in total. The molecule has 0 spiro atoms. The van der Waals surface area contributed by atoms with Gasteiger partial charge < -0.3 is 14.2 Å². The van der Waals surface area contributed by atoms with Crippen molar-refractivity contribution >= 4 is 16.9 Å². The highest BCUT2D eigenvalue weighted by molar-refractivity contribution is 5.91. The molecule has 2 heterocycles. The van der Waals surface area contributed by atoms with Crippen molar-refractivity contribution in [1.29, 1.82) is 0 Å². The van der Waals surface area contributed by atoms with Crippen molar-refractivity contribution in [3.05, 3.63) is 59.3 Å². The number of aryl methyl sites for hydroxylation is 1. The van der Waals surface area contributed by atoms with Gasteiger partial charge >= 0.3 is 5.97 Å². The number of aromatic nitrogens is 1. The van der Waals surface area contributed by atoms with Gasteiger partial charge in [-0.3, -0.25) is 0 Å². The van der Waals surface area contributed by atoms with E-state index in [0.717, 1.165) is 25.0 Å². The van der Waals surface area contributed by atoms with Crippen molar-refractivity contribution in [3.63, 3.8) is 0 Å². The quantitative estimate of drug-likeness (QED) is 0.618. The number of nitrogens with zero attached hydrogens (tertiary/aromatic N) is 2. The predicted molar refractivity (Wildman–Crippen MR) is 113 cm³/mol. The molecule has 3 aromatic rings. The molecule has 1 atom stereocenters. The number of ether oxygens (including phenoxy) is 1. The maximum atomic E-state index is 12.5. The number of fused-ring (bicyclic) bond motifs is 3. The van der Waals surface area contributed by atoms with Crippen LogP contribution in [0.1, 0.15) is 36.7 Å². The Morgan fingerprint density at radius 1 is 1.14 bits per heavy atom. The summed E-state index contributed by atoms with van der Waals surface area (Å²) in [6, 6.07) is 14.9. The van der Waals surface area contributed by atoms with E-state index in [2.05, 4.69) is 65.9 Å². The Kier molecular flexibility index (Phi) is 4.98. The van der Waals surface area contributed by atoms with E-state index in [-0.39, 0.29) is 12.0 Å². The standard InChI is InChI=1S/C24H28N2O2/c1-5-28-24(27)17(3)26-22-11-10-19(18-8-6-16(2)7-9-18)14-20(22)21-15-25(4)13-12-23(21)26/h6-11,14,17H,5,12-13,15H2,1-4H3. The number of rotatable bonds is 4. The second-order valence-electron chi connectivity index (χ2n) is 7.81. The molecule has 146 valence electrons. The summed E-state index contributed by atoms with van der Waals surface area (Å²) in [6.45, 7) is 8.23. The van der Waals surface area contributed by atoms with Crippen molar-refractivity contribution in [3.8, 4) is 11.1 Å². The maximum Gasteiger partial charge on any atom is 0.328 e. The van der Waals surface area contributed by atoms with E-state index in [4.69, 9.17) is 4.74 Å². The molecule has 0 saturated heterocycles. The van der Waals surface area contributed by atoms with Gasteiger partial charge in [-0.15, -0.1) is 0 Å². The molecule has 2 aromatic carbocycles. The molecule has 4 heteroatoms. The van der Waals surface area contributed by atoms with E-state index in [0.29, 0.717) is 6.61 Å². The van der Waals surface area contributed by atoms with Crippen LogP contribution in [0.2, 0.25) is 0 Å². The van der Waals surface area contributed by atoms with Crippen LogP contribution >= 0.6 is 0 Å². The number of carbonyl (C=O) groups is 1. The summed E-state index contributed by atoms with van der Waals surface area (Å²) in [6.07, 6.45) is 0.949. The van der Waals surface area contributed by atoms with E-state index in [9.17, 15) is 4.79 Å². The lowest BCUT2D eigenvalue weighted by Crippen LogP contribution is -2.29. The van der Waals surface area contributed by atoms with Crippen molar-refractivity contribution in [2.45, 2.75) is 39.8 Å². The Morgan fingerprint density at radius 2 is 1.86 bits per heavy atom. The van der Waals surface area contributed by atoms with Gasteiger partial charge in [-0.05, 0) is 56.6 Å². The van der Waals surface area contributed by atoms with Crippen LogP contribution in [0.4, 0.5) is 0 Å². The fraction of sp³-hybridized carbons (Fsp3) is 0.375. The summed E-state index contributed by atoms with van der Waals surface area (Å²) < 4.78 is 7.53. The summed E-state index contributed by atoms with van der Waals surface area (Å²) in [4.78, 5) is 14.8. The fourth-order valence-corrected chi connectivity index (χ4v) is 4.26. The van der Waals surface area contributed by atoms with Gasteiger partial charge in [0, 0.05) is 36.1 Å². The molecular formula is C24H28N2O2. The van der Waals surface area contributed by atoms with Crippen LogP contribution in [0.25, 0.3) is 22.0 Å². The Labute approximate surface area is 166 Å². The molecule has 0 aliphatic carbocycles. The van der Waals surface area contributed by atoms with Gasteiger partial charge in [0.05, 0.1) is 6.61 Å². The molecule has 0 amide bonds. The Bertz CT molecular complexity index is 1020. The molecule has 1 aliphatic rings. The zero-order valence-corrected chi connectivity index (χ0v) is 17.2. The summed E-state index contributed by atoms with van der Waals surface area (Å²) >= 11 is 0. The Balaban J connectivity index is 1.88. The monoisotopic (exact) mass is 376 g/mol. The van der Waals surface area contributed by atoms with E-state index in [1.54, 1.807) is 0 Å². The topological polar surface area (TPSA) is 34.5 Å². The third kappa shape index (κ3) is 3.22. The largest absolute Gasteiger partial charge is 0.464 e. The third-order valence-corrected chi connectivity index (χ3v) is 5.78. The zero-order chi connectivity index (χ0) is 19.8. The first-order chi connectivity index (χ1) is 13.5. The molecule has 28 heavy (non-hydrogen) atoms. The molecule has 1 aromatic heterocycles. The van der Waals surface area contributed by atoms with Gasteiger partial charge in [0.25, 0.3) is 0 Å². The van der Waals surface area contributed by atoms with Crippen LogP contribution in [0, 0.1) is 6.92 Å². The molecular weight excluding hydrogens is 348 g/mol. The number of likely N-dealkylation sites (N-methyl/N-ethyl adjacent to an activating group) is 1. The van der Waals surface area contributed by atoms with Gasteiger partial charge in [0.1, 0.15) is 6.04 Å². The lowest BCUT2D eigenvalue weighted by Gasteiger charge is -2.25. The highest BCUT2D eigenvalue weighted by Crippen LogP contribution is 2.36. The van der Waals surface area contributed by atoms with Crippen LogP contribution in [0.15, 0.2) is 42.5 Å². The van der Waals surface area contributed by atoms with Crippen LogP contribution < -0.4 is 0 Å². The second kappa shape index (κ2) is 7.44. The lowest BCUT2D eigenvalue weighted by molar-refractivity contribution is -0.146. The molecule has 1 unspecified atom stereocenters. The molecule has 4 rings (SSSR count). The third-order valence-electron chi connectivity index (χ3n) is 5.78. The van der Waals surface area contributed by atoms with Gasteiger partial charge in [0.2, 0.25) is 0 Å². The molecule has 0 fully saturated rings. The van der Waals surface area contributed by atoms with E-state index in [1.165, 1.54) is 33.3 Å². The second-order valence-corrected chi connectivity index (χ2v) is 7.81. The average Bonchev–Trinajstić information content (AvgIpc) is 3.01. The lowest BCUT2D eigenvalue weighted by atomic mass is 9.99. The van der Waals surface area contributed by atoms with Crippen LogP contribution in [-0.2, 0) is 22.5 Å². The van der Waals surface area contributed by atoms with Crippen molar-refractivity contribution in [2.24, 2.45) is 0 Å². The van der Waals surface area contributed by atoms with E-state index < -0.39 is 0 Å². The van der Waals surface area contributed by atoms with Gasteiger partial charge in [-0.25, -0.2) is 4.79 Å². The summed E-state index contributed by atoms with van der Waals surface area (Å²) in [5, 5.41) is 1.25. The first-order valence-corrected chi connectivity index (χ1v) is 10.1. The number of hydrogen-bond donors (Lipinski definition) is 0. The van der Waals surface area contributed by atoms with Gasteiger partial charge in [-0.1, -0.05) is 35.9 Å². The molecule has 0 radical (unpaired) electrons. The minimum absolute atomic E-state index is 0.163. The van der Waals surface area contributed by atoms with Crippen molar-refractivity contribution in [2.75, 3.05) is 20.2 Å². The van der Waals surface area contributed by atoms with Crippen molar-refractivity contribution in [1.82, 2.24) is 9.47 Å². The van der Waals surface area contributed by atoms with Crippen LogP contribution in [0.3, 0.4) is 0 Å². The summed E-state index contributed by atoms with van der Waals surface area (Å²) in [5.74, 6) is -0.163. The molecule has 1 aliphatic heterocycles. The first-order valence-electron chi connectivity index (χ1n) is 10.1. The normalized spacial score (nSPS) is 15.4. The number of hydrogen-bond acceptors (Lipinski definition) is 3. The van der Waals surface area contributed by atoms with Gasteiger partial charge in [0.15, 0.2) is 0 Å². The first kappa shape index (κ1) is 18.8. The van der Waals surface area contributed by atoms with Crippen LogP contribution in [-0.4, -0.2) is 35.6 Å². The van der Waals surface area contributed by atoms with Crippen molar-refractivity contribution < 1.29 is 9.53 Å². The van der Waals surface area contributed by atoms with E-state index >= 15 is 0 Å². The van der Waals surface area contributed by atoms with Gasteiger partial charge in [-0.2, -0.15) is 0 Å². The number of esters is 1. The number of carbonyl (C=O) groups excluding carboxylic acids is 1. The highest BCUT2D eigenvalue weighted by Gasteiger charge is 2.28. The fourth-order valence-electron chi connectivity index (χ4n) is 4.26. The maximum absolute atomic E-state index is 12.5. The average molecular weight is 377 g/mol. The predicted octanol–water partition coefficient (Wildman–Crippen LogP) is 4.73. The van der Waals surface area contributed by atoms with E-state index in [1.807, 2.05) is 13.8 Å². The van der Waals surface area contributed by atoms with Crippen LogP contribution in [0.5, 0.6) is 0 Å². The summed E-state index contributed by atoms with van der Waals surface area (Å²) in [5.41, 5.74) is 7.43. The SMILES string of the molecule is CCOC(=O)C(C)n1c2c(c3cc(-c4ccc(C)cc4)ccc31)CN(C)CC2. The Hall–Kier alpha value is -2.59. The zero-order valence-electron chi connectivity index (χ0n) is 17.2.